The molecule has 3 heterocycles. The van der Waals surface area contributed by atoms with Gasteiger partial charge in [-0.2, -0.15) is 13.5 Å². The summed E-state index contributed by atoms with van der Waals surface area (Å²) in [6.07, 6.45) is 0.224. The van der Waals surface area contributed by atoms with E-state index in [1.165, 1.54) is 0 Å². The lowest BCUT2D eigenvalue weighted by Gasteiger charge is -2.40. The highest BCUT2D eigenvalue weighted by Gasteiger charge is 2.56. The van der Waals surface area contributed by atoms with Crippen LogP contribution in [0.5, 0.6) is 0 Å². The first-order valence-corrected chi connectivity index (χ1v) is 9.43. The van der Waals surface area contributed by atoms with Gasteiger partial charge < -0.3 is 10.2 Å². The highest BCUT2D eigenvalue weighted by atomic mass is 32.3. The maximum absolute atomic E-state index is 12.5. The van der Waals surface area contributed by atoms with Crippen LogP contribution in [0.25, 0.3) is 0 Å². The Balaban J connectivity index is 1.70. The molecule has 146 valence electrons. The SMILES string of the molecule is CC1(C)CC(C(=O)NNC(=O)C2CNC2)N2CC1N(OS(=O)(=O)O)C2=O. The van der Waals surface area contributed by atoms with Gasteiger partial charge in [-0.15, -0.1) is 4.28 Å². The summed E-state index contributed by atoms with van der Waals surface area (Å²) in [4.78, 5) is 37.9. The van der Waals surface area contributed by atoms with Gasteiger partial charge in [0.2, 0.25) is 5.91 Å². The zero-order valence-electron chi connectivity index (χ0n) is 14.3. The van der Waals surface area contributed by atoms with Crippen LogP contribution in [0.15, 0.2) is 0 Å². The third-order valence-electron chi connectivity index (χ3n) is 5.02. The number of piperidine rings is 1. The Kier molecular flexibility index (Phi) is 4.58. The van der Waals surface area contributed by atoms with Gasteiger partial charge in [-0.1, -0.05) is 13.8 Å². The maximum atomic E-state index is 12.5. The molecule has 3 saturated heterocycles. The molecular weight excluding hydrogens is 370 g/mol. The fourth-order valence-electron chi connectivity index (χ4n) is 3.37. The van der Waals surface area contributed by atoms with Crippen molar-refractivity contribution in [3.05, 3.63) is 0 Å². The molecule has 2 atom stereocenters. The van der Waals surface area contributed by atoms with Crippen molar-refractivity contribution in [3.63, 3.8) is 0 Å². The molecule has 3 rings (SSSR count). The van der Waals surface area contributed by atoms with Crippen molar-refractivity contribution in [2.75, 3.05) is 19.6 Å². The summed E-state index contributed by atoms with van der Waals surface area (Å²) in [7, 11) is -4.88. The van der Waals surface area contributed by atoms with Crippen LogP contribution < -0.4 is 16.2 Å². The van der Waals surface area contributed by atoms with E-state index in [2.05, 4.69) is 20.5 Å². The number of fused-ring (bicyclic) bond motifs is 2. The third kappa shape index (κ3) is 3.47. The Morgan fingerprint density at radius 3 is 2.42 bits per heavy atom. The molecule has 0 radical (unpaired) electrons. The van der Waals surface area contributed by atoms with Gasteiger partial charge in [-0.3, -0.25) is 25.0 Å². The van der Waals surface area contributed by atoms with E-state index in [1.54, 1.807) is 13.8 Å². The third-order valence-corrected chi connectivity index (χ3v) is 5.37. The number of hydrogen-bond donors (Lipinski definition) is 4. The average Bonchev–Trinajstić information content (AvgIpc) is 2.73. The largest absolute Gasteiger partial charge is 0.418 e. The summed E-state index contributed by atoms with van der Waals surface area (Å²) in [5, 5.41) is 3.52. The second-order valence-electron chi connectivity index (χ2n) is 7.32. The summed E-state index contributed by atoms with van der Waals surface area (Å²) >= 11 is 0. The molecule has 4 N–H and O–H groups in total. The van der Waals surface area contributed by atoms with Crippen LogP contribution in [0, 0.1) is 11.3 Å². The molecule has 2 bridgehead atoms. The van der Waals surface area contributed by atoms with Crippen LogP contribution in [-0.4, -0.2) is 72.5 Å². The van der Waals surface area contributed by atoms with Gasteiger partial charge >= 0.3 is 16.4 Å². The van der Waals surface area contributed by atoms with Crippen molar-refractivity contribution in [1.29, 1.82) is 0 Å². The van der Waals surface area contributed by atoms with Crippen LogP contribution in [0.3, 0.4) is 0 Å². The Hall–Kier alpha value is -1.96. The molecule has 13 heteroatoms. The van der Waals surface area contributed by atoms with Crippen molar-refractivity contribution in [1.82, 2.24) is 26.1 Å². The number of urea groups is 1. The minimum absolute atomic E-state index is 0.0555. The van der Waals surface area contributed by atoms with Crippen LogP contribution in [-0.2, 0) is 24.3 Å². The number of carbonyl (C=O) groups excluding carboxylic acids is 3. The van der Waals surface area contributed by atoms with Crippen LogP contribution in [0.4, 0.5) is 4.79 Å². The number of nitrogens with one attached hydrogen (secondary N) is 3. The Morgan fingerprint density at radius 1 is 1.27 bits per heavy atom. The summed E-state index contributed by atoms with van der Waals surface area (Å²) in [6, 6.07) is -2.41. The summed E-state index contributed by atoms with van der Waals surface area (Å²) in [6.45, 7) is 4.64. The van der Waals surface area contributed by atoms with Crippen LogP contribution in [0.2, 0.25) is 0 Å². The van der Waals surface area contributed by atoms with Gasteiger partial charge in [0.15, 0.2) is 0 Å². The highest BCUT2D eigenvalue weighted by molar-refractivity contribution is 7.80. The van der Waals surface area contributed by atoms with Crippen molar-refractivity contribution in [3.8, 4) is 0 Å². The molecule has 0 saturated carbocycles. The van der Waals surface area contributed by atoms with E-state index in [9.17, 15) is 22.8 Å². The minimum Gasteiger partial charge on any atom is -0.315 e. The molecule has 3 aliphatic rings. The molecule has 3 aliphatic heterocycles. The Bertz CT molecular complexity index is 735. The summed E-state index contributed by atoms with van der Waals surface area (Å²) in [5.74, 6) is -1.12. The molecule has 4 amide bonds. The first-order valence-electron chi connectivity index (χ1n) is 8.07. The van der Waals surface area contributed by atoms with Gasteiger partial charge in [0.1, 0.15) is 6.04 Å². The molecule has 26 heavy (non-hydrogen) atoms. The lowest BCUT2D eigenvalue weighted by Crippen LogP contribution is -2.59. The molecule has 0 aliphatic carbocycles. The quantitative estimate of drug-likeness (QED) is 0.316. The number of hydroxylamine groups is 2. The van der Waals surface area contributed by atoms with E-state index in [0.717, 1.165) is 4.90 Å². The number of hydrazine groups is 1. The second kappa shape index (κ2) is 6.33. The molecule has 0 aromatic heterocycles. The molecule has 3 fully saturated rings. The number of hydrogen-bond acceptors (Lipinski definition) is 7. The maximum Gasteiger partial charge on any atom is 0.418 e. The Morgan fingerprint density at radius 2 is 1.88 bits per heavy atom. The monoisotopic (exact) mass is 391 g/mol. The van der Waals surface area contributed by atoms with E-state index < -0.39 is 39.8 Å². The molecule has 0 aromatic carbocycles. The van der Waals surface area contributed by atoms with Crippen molar-refractivity contribution >= 4 is 28.2 Å². The van der Waals surface area contributed by atoms with Gasteiger partial charge in [0, 0.05) is 19.6 Å². The molecule has 12 nitrogen and oxygen atoms in total. The molecule has 0 aromatic rings. The molecule has 2 unspecified atom stereocenters. The number of carbonyl (C=O) groups is 3. The van der Waals surface area contributed by atoms with Crippen LogP contribution in [0.1, 0.15) is 20.3 Å². The van der Waals surface area contributed by atoms with Gasteiger partial charge in [-0.25, -0.2) is 4.79 Å². The minimum atomic E-state index is -4.88. The zero-order valence-corrected chi connectivity index (χ0v) is 15.1. The van der Waals surface area contributed by atoms with E-state index >= 15 is 0 Å². The van der Waals surface area contributed by atoms with Gasteiger partial charge in [0.25, 0.3) is 5.91 Å². The van der Waals surface area contributed by atoms with Crippen molar-refractivity contribution in [2.24, 2.45) is 11.3 Å². The Labute approximate surface area is 150 Å². The topological polar surface area (TPSA) is 157 Å². The van der Waals surface area contributed by atoms with E-state index in [-0.39, 0.29) is 24.8 Å². The van der Waals surface area contributed by atoms with Gasteiger partial charge in [0.05, 0.1) is 12.0 Å². The lowest BCUT2D eigenvalue weighted by molar-refractivity contribution is -0.135. The van der Waals surface area contributed by atoms with Crippen LogP contribution >= 0.6 is 0 Å². The average molecular weight is 391 g/mol. The molecular formula is C13H21N5O7S. The predicted octanol–water partition coefficient (Wildman–Crippen LogP) is -2.01. The fourth-order valence-corrected chi connectivity index (χ4v) is 3.74. The number of rotatable bonds is 4. The normalized spacial score (nSPS) is 27.9. The predicted molar refractivity (Wildman–Crippen MR) is 85.2 cm³/mol. The smallest absolute Gasteiger partial charge is 0.315 e. The second-order valence-corrected chi connectivity index (χ2v) is 8.33. The lowest BCUT2D eigenvalue weighted by atomic mass is 9.76. The van der Waals surface area contributed by atoms with E-state index in [0.29, 0.717) is 18.2 Å². The first-order chi connectivity index (χ1) is 12.0. The van der Waals surface area contributed by atoms with Crippen molar-refractivity contribution < 1.29 is 31.6 Å². The van der Waals surface area contributed by atoms with E-state index in [4.69, 9.17) is 4.55 Å². The summed E-state index contributed by atoms with van der Waals surface area (Å²) in [5.41, 5.74) is 3.98. The zero-order chi connectivity index (χ0) is 19.3. The number of nitrogens with zero attached hydrogens (tertiary/aromatic N) is 2. The number of amides is 4. The van der Waals surface area contributed by atoms with E-state index in [1.807, 2.05) is 0 Å². The van der Waals surface area contributed by atoms with Gasteiger partial charge in [-0.05, 0) is 11.8 Å². The first kappa shape index (κ1) is 18.8. The standard InChI is InChI=1S/C13H21N5O7S/c1-13(2)3-8(11(20)16-15-10(19)7-4-14-5-7)17-6-9(13)18(12(17)21)25-26(22,23)24/h7-9,14H,3-6H2,1-2H3,(H,15,19)(H,16,20)(H,22,23,24). The fraction of sp³-hybridized carbons (Fsp3) is 0.769. The van der Waals surface area contributed by atoms with Crippen molar-refractivity contribution in [2.45, 2.75) is 32.4 Å². The highest BCUT2D eigenvalue weighted by Crippen LogP contribution is 2.42. The summed E-state index contributed by atoms with van der Waals surface area (Å²) < 4.78 is 35.3. The molecule has 0 spiro atoms.